The molecule has 2 heterocycles. The summed E-state index contributed by atoms with van der Waals surface area (Å²) in [6, 6.07) is 3.69. The molecule has 3 amide bonds. The first-order valence-electron chi connectivity index (χ1n) is 9.75. The van der Waals surface area contributed by atoms with Crippen LogP contribution in [-0.4, -0.2) is 39.6 Å². The number of carbonyl (C=O) groups is 2. The van der Waals surface area contributed by atoms with Crippen LogP contribution < -0.4 is 16.0 Å². The zero-order valence-electron chi connectivity index (χ0n) is 15.8. The molecule has 2 aromatic rings. The highest BCUT2D eigenvalue weighted by Gasteiger charge is 2.15. The van der Waals surface area contributed by atoms with Crippen molar-refractivity contribution in [3.8, 4) is 11.4 Å². The first kappa shape index (κ1) is 19.8. The lowest BCUT2D eigenvalue weighted by Gasteiger charge is -2.22. The van der Waals surface area contributed by atoms with Crippen LogP contribution in [0.3, 0.4) is 0 Å². The molecule has 1 saturated carbocycles. The molecule has 3 N–H and O–H groups in total. The Morgan fingerprint density at radius 2 is 1.89 bits per heavy atom. The van der Waals surface area contributed by atoms with Gasteiger partial charge in [0.25, 0.3) is 0 Å². The number of rotatable bonds is 8. The van der Waals surface area contributed by atoms with E-state index in [4.69, 9.17) is 4.52 Å². The van der Waals surface area contributed by atoms with Crippen molar-refractivity contribution in [2.75, 3.05) is 6.54 Å². The zero-order chi connectivity index (χ0) is 19.6. The SMILES string of the molecule is O=C(CCCNC(=O)NC1CCCCC1)NCc1nc(-c2ccncc2)no1. The Morgan fingerprint density at radius 1 is 1.11 bits per heavy atom. The summed E-state index contributed by atoms with van der Waals surface area (Å²) in [7, 11) is 0. The zero-order valence-corrected chi connectivity index (χ0v) is 15.8. The molecule has 1 fully saturated rings. The van der Waals surface area contributed by atoms with E-state index in [1.54, 1.807) is 24.5 Å². The summed E-state index contributed by atoms with van der Waals surface area (Å²) in [4.78, 5) is 31.9. The van der Waals surface area contributed by atoms with Gasteiger partial charge < -0.3 is 20.5 Å². The van der Waals surface area contributed by atoms with E-state index in [1.807, 2.05) is 0 Å². The fourth-order valence-corrected chi connectivity index (χ4v) is 3.14. The van der Waals surface area contributed by atoms with Gasteiger partial charge in [-0.2, -0.15) is 4.98 Å². The van der Waals surface area contributed by atoms with E-state index in [1.165, 1.54) is 19.3 Å². The van der Waals surface area contributed by atoms with E-state index < -0.39 is 0 Å². The fraction of sp³-hybridized carbons (Fsp3) is 0.526. The molecule has 9 nitrogen and oxygen atoms in total. The van der Waals surface area contributed by atoms with Crippen molar-refractivity contribution >= 4 is 11.9 Å². The van der Waals surface area contributed by atoms with Gasteiger partial charge in [-0.25, -0.2) is 4.79 Å². The molecule has 0 unspecified atom stereocenters. The van der Waals surface area contributed by atoms with Crippen LogP contribution in [0.2, 0.25) is 0 Å². The van der Waals surface area contributed by atoms with Crippen molar-refractivity contribution in [2.45, 2.75) is 57.5 Å². The second-order valence-corrected chi connectivity index (χ2v) is 6.86. The quantitative estimate of drug-likeness (QED) is 0.598. The number of pyridine rings is 1. The summed E-state index contributed by atoms with van der Waals surface area (Å²) in [6.07, 6.45) is 9.88. The highest BCUT2D eigenvalue weighted by atomic mass is 16.5. The Labute approximate surface area is 163 Å². The maximum Gasteiger partial charge on any atom is 0.315 e. The first-order valence-corrected chi connectivity index (χ1v) is 9.75. The average molecular weight is 386 g/mol. The third-order valence-electron chi connectivity index (χ3n) is 4.65. The summed E-state index contributed by atoms with van der Waals surface area (Å²) in [6.45, 7) is 0.630. The Bertz CT molecular complexity index is 758. The van der Waals surface area contributed by atoms with Crippen molar-refractivity contribution in [1.82, 2.24) is 31.1 Å². The second kappa shape index (κ2) is 10.4. The predicted octanol–water partition coefficient (Wildman–Crippen LogP) is 2.16. The molecular formula is C19H26N6O3. The normalized spacial score (nSPS) is 14.4. The standard InChI is InChI=1S/C19H26N6O3/c26-16(7-4-10-21-19(27)23-15-5-2-1-3-6-15)22-13-17-24-18(25-28-17)14-8-11-20-12-9-14/h8-9,11-12,15H,1-7,10,13H2,(H,22,26)(H2,21,23,27). The number of hydrogen-bond acceptors (Lipinski definition) is 6. The summed E-state index contributed by atoms with van der Waals surface area (Å²) < 4.78 is 5.14. The van der Waals surface area contributed by atoms with Gasteiger partial charge in [-0.1, -0.05) is 24.4 Å². The van der Waals surface area contributed by atoms with Crippen LogP contribution in [-0.2, 0) is 11.3 Å². The molecule has 0 bridgehead atoms. The van der Waals surface area contributed by atoms with Gasteiger partial charge >= 0.3 is 6.03 Å². The highest BCUT2D eigenvalue weighted by molar-refractivity contribution is 5.76. The lowest BCUT2D eigenvalue weighted by atomic mass is 9.96. The summed E-state index contributed by atoms with van der Waals surface area (Å²) in [5.74, 6) is 0.670. The number of hydrogen-bond donors (Lipinski definition) is 3. The molecule has 0 spiro atoms. The van der Waals surface area contributed by atoms with E-state index in [9.17, 15) is 9.59 Å². The number of nitrogens with zero attached hydrogens (tertiary/aromatic N) is 3. The molecule has 0 aliphatic heterocycles. The maximum atomic E-state index is 11.9. The minimum atomic E-state index is -0.151. The van der Waals surface area contributed by atoms with Gasteiger partial charge in [-0.05, 0) is 31.4 Å². The van der Waals surface area contributed by atoms with Crippen molar-refractivity contribution in [3.05, 3.63) is 30.4 Å². The Hall–Kier alpha value is -2.97. The molecule has 3 rings (SSSR count). The monoisotopic (exact) mass is 386 g/mol. The number of nitrogens with one attached hydrogen (secondary N) is 3. The molecule has 9 heteroatoms. The number of carbonyl (C=O) groups excluding carboxylic acids is 2. The fourth-order valence-electron chi connectivity index (χ4n) is 3.14. The Morgan fingerprint density at radius 3 is 2.68 bits per heavy atom. The third kappa shape index (κ3) is 6.33. The van der Waals surface area contributed by atoms with E-state index in [-0.39, 0.29) is 24.5 Å². The van der Waals surface area contributed by atoms with Crippen LogP contribution in [0.1, 0.15) is 50.8 Å². The van der Waals surface area contributed by atoms with Gasteiger partial charge in [0.05, 0.1) is 6.54 Å². The van der Waals surface area contributed by atoms with Crippen molar-refractivity contribution in [3.63, 3.8) is 0 Å². The minimum absolute atomic E-state index is 0.127. The van der Waals surface area contributed by atoms with Gasteiger partial charge in [-0.3, -0.25) is 9.78 Å². The van der Waals surface area contributed by atoms with Crippen LogP contribution in [0.5, 0.6) is 0 Å². The maximum absolute atomic E-state index is 11.9. The second-order valence-electron chi connectivity index (χ2n) is 6.86. The molecule has 0 radical (unpaired) electrons. The van der Waals surface area contributed by atoms with Crippen molar-refractivity contribution < 1.29 is 14.1 Å². The number of urea groups is 1. The molecule has 0 aromatic carbocycles. The van der Waals surface area contributed by atoms with Gasteiger partial charge in [0.2, 0.25) is 17.6 Å². The molecule has 1 aliphatic carbocycles. The van der Waals surface area contributed by atoms with Crippen LogP contribution in [0, 0.1) is 0 Å². The van der Waals surface area contributed by atoms with E-state index >= 15 is 0 Å². The first-order chi connectivity index (χ1) is 13.7. The third-order valence-corrected chi connectivity index (χ3v) is 4.65. The Balaban J connectivity index is 1.28. The van der Waals surface area contributed by atoms with Crippen molar-refractivity contribution in [2.24, 2.45) is 0 Å². The van der Waals surface area contributed by atoms with Crippen LogP contribution in [0.4, 0.5) is 4.79 Å². The van der Waals surface area contributed by atoms with Gasteiger partial charge in [0.1, 0.15) is 0 Å². The smallest absolute Gasteiger partial charge is 0.315 e. The molecule has 0 atom stereocenters. The topological polar surface area (TPSA) is 122 Å². The molecule has 2 aromatic heterocycles. The summed E-state index contributed by atoms with van der Waals surface area (Å²) in [5, 5.41) is 12.4. The number of aromatic nitrogens is 3. The number of amides is 3. The van der Waals surface area contributed by atoms with Crippen LogP contribution in [0.25, 0.3) is 11.4 Å². The lowest BCUT2D eigenvalue weighted by molar-refractivity contribution is -0.121. The highest BCUT2D eigenvalue weighted by Crippen LogP contribution is 2.17. The predicted molar refractivity (Wildman–Crippen MR) is 102 cm³/mol. The minimum Gasteiger partial charge on any atom is -0.347 e. The summed E-state index contributed by atoms with van der Waals surface area (Å²) >= 11 is 0. The van der Waals surface area contributed by atoms with E-state index in [0.717, 1.165) is 18.4 Å². The van der Waals surface area contributed by atoms with Gasteiger partial charge in [0.15, 0.2) is 0 Å². The molecule has 0 saturated heterocycles. The molecule has 150 valence electrons. The van der Waals surface area contributed by atoms with Crippen molar-refractivity contribution in [1.29, 1.82) is 0 Å². The Kier molecular flexibility index (Phi) is 7.34. The van der Waals surface area contributed by atoms with Gasteiger partial charge in [0, 0.05) is 37.0 Å². The average Bonchev–Trinajstić information content (AvgIpc) is 3.20. The summed E-state index contributed by atoms with van der Waals surface area (Å²) in [5.41, 5.74) is 0.800. The van der Waals surface area contributed by atoms with Crippen LogP contribution >= 0.6 is 0 Å². The van der Waals surface area contributed by atoms with Gasteiger partial charge in [-0.15, -0.1) is 0 Å². The largest absolute Gasteiger partial charge is 0.347 e. The van der Waals surface area contributed by atoms with Crippen LogP contribution in [0.15, 0.2) is 29.0 Å². The molecule has 1 aliphatic rings. The molecule has 28 heavy (non-hydrogen) atoms. The lowest BCUT2D eigenvalue weighted by Crippen LogP contribution is -2.43. The van der Waals surface area contributed by atoms with E-state index in [2.05, 4.69) is 31.1 Å². The molecular weight excluding hydrogens is 360 g/mol. The van der Waals surface area contributed by atoms with E-state index in [0.29, 0.717) is 31.1 Å².